The number of ketones is 1. The van der Waals surface area contributed by atoms with Crippen molar-refractivity contribution in [3.63, 3.8) is 0 Å². The van der Waals surface area contributed by atoms with Crippen molar-refractivity contribution in [3.05, 3.63) is 0 Å². The lowest BCUT2D eigenvalue weighted by Gasteiger charge is -2.35. The van der Waals surface area contributed by atoms with E-state index >= 15 is 0 Å². The molecule has 1 fully saturated rings. The Bertz CT molecular complexity index is 151. The largest absolute Gasteiger partial charge is 0.328 e. The summed E-state index contributed by atoms with van der Waals surface area (Å²) in [6.07, 6.45) is 0.772. The van der Waals surface area contributed by atoms with Crippen LogP contribution in [0.4, 0.5) is 0 Å². The van der Waals surface area contributed by atoms with Crippen LogP contribution in [0, 0.1) is 5.92 Å². The van der Waals surface area contributed by atoms with E-state index in [1.54, 1.807) is 0 Å². The smallest absolute Gasteiger partial charge is 0.146 e. The molecule has 0 radical (unpaired) electrons. The van der Waals surface area contributed by atoms with Gasteiger partial charge in [-0.05, 0) is 0 Å². The minimum atomic E-state index is 0.281. The van der Waals surface area contributed by atoms with Crippen molar-refractivity contribution in [2.75, 3.05) is 27.2 Å². The molecule has 1 rings (SSSR count). The lowest BCUT2D eigenvalue weighted by atomic mass is 9.97. The first-order valence-electron chi connectivity index (χ1n) is 3.86. The first-order chi connectivity index (χ1) is 4.51. The Morgan fingerprint density at radius 2 is 2.10 bits per heavy atom. The molecule has 0 aromatic rings. The normalized spacial score (nSPS) is 32.3. The van der Waals surface area contributed by atoms with Crippen LogP contribution in [0.25, 0.3) is 0 Å². The molecule has 1 saturated heterocycles. The fourth-order valence-electron chi connectivity index (χ4n) is 1.59. The van der Waals surface area contributed by atoms with E-state index in [9.17, 15) is 4.79 Å². The SMILES string of the molecule is C[C@@H]1C[N+](C)(C)CCC1=O. The van der Waals surface area contributed by atoms with Gasteiger partial charge in [-0.15, -0.1) is 0 Å². The Morgan fingerprint density at radius 3 is 2.50 bits per heavy atom. The molecule has 0 aromatic carbocycles. The second kappa shape index (κ2) is 2.35. The number of quaternary nitrogens is 1. The van der Waals surface area contributed by atoms with Crippen LogP contribution in [0.5, 0.6) is 0 Å². The highest BCUT2D eigenvalue weighted by molar-refractivity contribution is 5.81. The van der Waals surface area contributed by atoms with Crippen LogP contribution in [0.15, 0.2) is 0 Å². The molecule has 1 aliphatic rings. The van der Waals surface area contributed by atoms with E-state index in [-0.39, 0.29) is 5.92 Å². The highest BCUT2D eigenvalue weighted by atomic mass is 16.1. The lowest BCUT2D eigenvalue weighted by molar-refractivity contribution is -0.894. The average Bonchev–Trinajstić information content (AvgIpc) is 1.79. The van der Waals surface area contributed by atoms with Crippen molar-refractivity contribution in [2.45, 2.75) is 13.3 Å². The van der Waals surface area contributed by atoms with Crippen LogP contribution < -0.4 is 0 Å². The fraction of sp³-hybridized carbons (Fsp3) is 0.875. The summed E-state index contributed by atoms with van der Waals surface area (Å²) in [6.45, 7) is 4.06. The van der Waals surface area contributed by atoms with E-state index in [2.05, 4.69) is 14.1 Å². The summed E-state index contributed by atoms with van der Waals surface area (Å²) in [5.74, 6) is 0.723. The third-order valence-corrected chi connectivity index (χ3v) is 2.28. The number of hydrogen-bond acceptors (Lipinski definition) is 1. The Balaban J connectivity index is 2.57. The van der Waals surface area contributed by atoms with Gasteiger partial charge in [0.15, 0.2) is 0 Å². The molecule has 1 atom stereocenters. The van der Waals surface area contributed by atoms with Gasteiger partial charge < -0.3 is 4.48 Å². The van der Waals surface area contributed by atoms with Gasteiger partial charge in [0.05, 0.1) is 39.5 Å². The average molecular weight is 142 g/mol. The van der Waals surface area contributed by atoms with Crippen LogP contribution in [0.2, 0.25) is 0 Å². The number of carbonyl (C=O) groups is 1. The molecule has 0 aromatic heterocycles. The molecule has 2 heteroatoms. The monoisotopic (exact) mass is 142 g/mol. The summed E-state index contributed by atoms with van der Waals surface area (Å²) in [5, 5.41) is 0. The minimum Gasteiger partial charge on any atom is -0.328 e. The summed E-state index contributed by atoms with van der Waals surface area (Å²) in [4.78, 5) is 11.1. The summed E-state index contributed by atoms with van der Waals surface area (Å²) in [5.41, 5.74) is 0. The third-order valence-electron chi connectivity index (χ3n) is 2.28. The first kappa shape index (κ1) is 7.73. The van der Waals surface area contributed by atoms with Gasteiger partial charge in [0, 0.05) is 0 Å². The molecule has 10 heavy (non-hydrogen) atoms. The number of likely N-dealkylation sites (tertiary alicyclic amines) is 1. The summed E-state index contributed by atoms with van der Waals surface area (Å²) in [7, 11) is 4.37. The zero-order chi connectivity index (χ0) is 7.78. The topological polar surface area (TPSA) is 17.1 Å². The second-order valence-electron chi connectivity index (χ2n) is 3.96. The van der Waals surface area contributed by atoms with E-state index in [1.165, 1.54) is 0 Å². The molecular formula is C8H16NO+. The van der Waals surface area contributed by atoms with Crippen LogP contribution in [-0.2, 0) is 4.79 Å². The minimum absolute atomic E-state index is 0.281. The number of nitrogens with zero attached hydrogens (tertiary/aromatic N) is 1. The molecule has 0 N–H and O–H groups in total. The number of piperidine rings is 1. The summed E-state index contributed by atoms with van der Waals surface area (Å²) < 4.78 is 1.01. The van der Waals surface area contributed by atoms with E-state index in [0.29, 0.717) is 5.78 Å². The molecule has 2 nitrogen and oxygen atoms in total. The predicted molar refractivity (Wildman–Crippen MR) is 40.6 cm³/mol. The van der Waals surface area contributed by atoms with E-state index in [1.807, 2.05) is 6.92 Å². The molecule has 1 aliphatic heterocycles. The molecule has 0 amide bonds. The van der Waals surface area contributed by atoms with Crippen LogP contribution in [-0.4, -0.2) is 37.5 Å². The van der Waals surface area contributed by atoms with Crippen LogP contribution in [0.1, 0.15) is 13.3 Å². The van der Waals surface area contributed by atoms with Crippen molar-refractivity contribution >= 4 is 5.78 Å². The van der Waals surface area contributed by atoms with Crippen LogP contribution >= 0.6 is 0 Å². The molecule has 0 bridgehead atoms. The Hall–Kier alpha value is -0.370. The number of carbonyl (C=O) groups excluding carboxylic acids is 1. The molecule has 0 saturated carbocycles. The van der Waals surface area contributed by atoms with Gasteiger partial charge in [0.25, 0.3) is 0 Å². The summed E-state index contributed by atoms with van der Waals surface area (Å²) in [6, 6.07) is 0. The lowest BCUT2D eigenvalue weighted by Crippen LogP contribution is -2.50. The Kier molecular flexibility index (Phi) is 1.82. The van der Waals surface area contributed by atoms with Gasteiger partial charge in [-0.1, -0.05) is 6.92 Å². The van der Waals surface area contributed by atoms with Gasteiger partial charge in [-0.2, -0.15) is 0 Å². The van der Waals surface area contributed by atoms with Crippen molar-refractivity contribution in [1.29, 1.82) is 0 Å². The molecule has 0 unspecified atom stereocenters. The predicted octanol–water partition coefficient (Wildman–Crippen LogP) is 0.672. The van der Waals surface area contributed by atoms with Gasteiger partial charge in [-0.3, -0.25) is 4.79 Å². The molecule has 0 spiro atoms. The van der Waals surface area contributed by atoms with E-state index in [4.69, 9.17) is 0 Å². The summed E-state index contributed by atoms with van der Waals surface area (Å²) >= 11 is 0. The fourth-order valence-corrected chi connectivity index (χ4v) is 1.59. The Labute approximate surface area is 62.4 Å². The van der Waals surface area contributed by atoms with Gasteiger partial charge in [0.2, 0.25) is 0 Å². The maximum atomic E-state index is 11.1. The molecular weight excluding hydrogens is 126 g/mol. The van der Waals surface area contributed by atoms with Gasteiger partial charge >= 0.3 is 0 Å². The maximum absolute atomic E-state index is 11.1. The molecule has 0 aliphatic carbocycles. The zero-order valence-electron chi connectivity index (χ0n) is 7.05. The van der Waals surface area contributed by atoms with Gasteiger partial charge in [0.1, 0.15) is 5.78 Å². The molecule has 1 heterocycles. The van der Waals surface area contributed by atoms with Crippen molar-refractivity contribution in [2.24, 2.45) is 5.92 Å². The third kappa shape index (κ3) is 1.57. The number of hydrogen-bond donors (Lipinski definition) is 0. The first-order valence-corrected chi connectivity index (χ1v) is 3.86. The number of Topliss-reactive ketones (excluding diaryl/α,β-unsaturated/α-hetero) is 1. The van der Waals surface area contributed by atoms with E-state index in [0.717, 1.165) is 24.0 Å². The standard InChI is InChI=1S/C8H16NO/c1-7-6-9(2,3)5-4-8(7)10/h7H,4-6H2,1-3H3/q+1/t7-/m1/s1. The quantitative estimate of drug-likeness (QED) is 0.454. The second-order valence-corrected chi connectivity index (χ2v) is 3.96. The maximum Gasteiger partial charge on any atom is 0.146 e. The van der Waals surface area contributed by atoms with Crippen LogP contribution in [0.3, 0.4) is 0 Å². The van der Waals surface area contributed by atoms with Gasteiger partial charge in [-0.25, -0.2) is 0 Å². The van der Waals surface area contributed by atoms with Crippen molar-refractivity contribution in [1.82, 2.24) is 0 Å². The highest BCUT2D eigenvalue weighted by Gasteiger charge is 2.30. The highest BCUT2D eigenvalue weighted by Crippen LogP contribution is 2.15. The number of rotatable bonds is 0. The van der Waals surface area contributed by atoms with Crippen molar-refractivity contribution < 1.29 is 9.28 Å². The molecule has 58 valence electrons. The van der Waals surface area contributed by atoms with Crippen molar-refractivity contribution in [3.8, 4) is 0 Å². The Morgan fingerprint density at radius 1 is 1.50 bits per heavy atom. The van der Waals surface area contributed by atoms with E-state index < -0.39 is 0 Å². The zero-order valence-corrected chi connectivity index (χ0v) is 7.05.